The summed E-state index contributed by atoms with van der Waals surface area (Å²) < 4.78 is 39.2. The SMILES string of the molecule is CN1C2CCC1CC(Oc1ccc(-n3nnnc3-c3cc(-c4cnn(C)c4)cnc3N)c(F)c1F)C2. The third-order valence-electron chi connectivity index (χ3n) is 7.27. The number of pyridine rings is 1. The summed E-state index contributed by atoms with van der Waals surface area (Å²) in [7, 11) is 3.92. The highest BCUT2D eigenvalue weighted by Crippen LogP contribution is 2.37. The Morgan fingerprint density at radius 3 is 2.53 bits per heavy atom. The van der Waals surface area contributed by atoms with Crippen molar-refractivity contribution in [2.45, 2.75) is 43.9 Å². The molecule has 12 heteroatoms. The van der Waals surface area contributed by atoms with E-state index in [0.29, 0.717) is 17.6 Å². The van der Waals surface area contributed by atoms with E-state index in [1.165, 1.54) is 12.1 Å². The van der Waals surface area contributed by atoms with Gasteiger partial charge in [-0.05, 0) is 61.4 Å². The van der Waals surface area contributed by atoms with E-state index in [1.54, 1.807) is 30.2 Å². The van der Waals surface area contributed by atoms with Crippen LogP contribution < -0.4 is 10.5 Å². The molecule has 2 unspecified atom stereocenters. The average molecular weight is 494 g/mol. The van der Waals surface area contributed by atoms with Crippen LogP contribution in [0.2, 0.25) is 0 Å². The average Bonchev–Trinajstić information content (AvgIpc) is 3.56. The molecule has 0 aliphatic carbocycles. The molecule has 4 aromatic rings. The van der Waals surface area contributed by atoms with Crippen LogP contribution in [0.5, 0.6) is 5.75 Å². The summed E-state index contributed by atoms with van der Waals surface area (Å²) in [5, 5.41) is 15.8. The van der Waals surface area contributed by atoms with Crippen LogP contribution >= 0.6 is 0 Å². The van der Waals surface area contributed by atoms with Crippen molar-refractivity contribution in [2.75, 3.05) is 12.8 Å². The standard InChI is InChI=1S/C24H25F2N9O/c1-33-12-14(11-29-33)13-7-18(23(27)28-10-13)24-30-31-32-35(24)19-5-6-20(22(26)21(19)25)36-17-8-15-3-4-16(9-17)34(15)2/h5-7,10-12,15-17H,3-4,8-9H2,1-2H3,(H2,27,28). The van der Waals surface area contributed by atoms with Crippen LogP contribution in [0.25, 0.3) is 28.2 Å². The van der Waals surface area contributed by atoms with Crippen LogP contribution in [0.15, 0.2) is 36.8 Å². The zero-order valence-electron chi connectivity index (χ0n) is 19.8. The Morgan fingerprint density at radius 2 is 1.81 bits per heavy atom. The number of nitrogens with two attached hydrogens (primary N) is 1. The van der Waals surface area contributed by atoms with Gasteiger partial charge in [-0.25, -0.2) is 9.37 Å². The maximum Gasteiger partial charge on any atom is 0.202 e. The molecule has 36 heavy (non-hydrogen) atoms. The largest absolute Gasteiger partial charge is 0.487 e. The summed E-state index contributed by atoms with van der Waals surface area (Å²) in [6.07, 6.45) is 8.78. The molecule has 186 valence electrons. The molecular weight excluding hydrogens is 468 g/mol. The van der Waals surface area contributed by atoms with Gasteiger partial charge in [0.1, 0.15) is 17.6 Å². The highest BCUT2D eigenvalue weighted by Gasteiger charge is 2.39. The number of benzene rings is 1. The molecule has 10 nitrogen and oxygen atoms in total. The molecule has 6 rings (SSSR count). The number of tetrazole rings is 1. The van der Waals surface area contributed by atoms with Gasteiger partial charge in [0.05, 0.1) is 11.8 Å². The zero-order chi connectivity index (χ0) is 25.0. The first-order chi connectivity index (χ1) is 17.4. The number of aryl methyl sites for hydroxylation is 1. The van der Waals surface area contributed by atoms with Gasteiger partial charge in [0.15, 0.2) is 17.4 Å². The summed E-state index contributed by atoms with van der Waals surface area (Å²) in [4.78, 5) is 6.60. The van der Waals surface area contributed by atoms with Gasteiger partial charge >= 0.3 is 0 Å². The maximum atomic E-state index is 15.3. The fraction of sp³-hybridized carbons (Fsp3) is 0.375. The van der Waals surface area contributed by atoms with Crippen LogP contribution in [-0.2, 0) is 7.05 Å². The molecule has 0 spiro atoms. The maximum absolute atomic E-state index is 15.3. The number of anilines is 1. The van der Waals surface area contributed by atoms with E-state index in [9.17, 15) is 0 Å². The Balaban J connectivity index is 1.31. The van der Waals surface area contributed by atoms with Crippen LogP contribution in [0, 0.1) is 11.6 Å². The predicted octanol–water partition coefficient (Wildman–Crippen LogP) is 2.99. The molecule has 2 bridgehead atoms. The number of nitrogens with zero attached hydrogens (tertiary/aromatic N) is 8. The number of aromatic nitrogens is 7. The number of hydrogen-bond acceptors (Lipinski definition) is 8. The first-order valence-electron chi connectivity index (χ1n) is 11.8. The van der Waals surface area contributed by atoms with Crippen molar-refractivity contribution in [3.05, 3.63) is 48.4 Å². The topological polar surface area (TPSA) is 113 Å². The second-order valence-electron chi connectivity index (χ2n) is 9.45. The van der Waals surface area contributed by atoms with Gasteiger partial charge in [0.2, 0.25) is 5.82 Å². The second kappa shape index (κ2) is 8.63. The minimum atomic E-state index is -1.10. The van der Waals surface area contributed by atoms with E-state index in [2.05, 4.69) is 37.6 Å². The molecule has 2 N–H and O–H groups in total. The number of halogens is 2. The molecule has 3 aromatic heterocycles. The third kappa shape index (κ3) is 3.77. The Kier molecular flexibility index (Phi) is 5.40. The molecule has 2 saturated heterocycles. The lowest BCUT2D eigenvalue weighted by Gasteiger charge is -2.36. The molecule has 2 atom stereocenters. The molecule has 2 aliphatic rings. The summed E-state index contributed by atoms with van der Waals surface area (Å²) in [5.41, 5.74) is 7.87. The second-order valence-corrected chi connectivity index (χ2v) is 9.45. The van der Waals surface area contributed by atoms with Crippen molar-refractivity contribution in [1.29, 1.82) is 0 Å². The van der Waals surface area contributed by atoms with Gasteiger partial charge in [-0.3, -0.25) is 4.68 Å². The Bertz CT molecular complexity index is 1420. The van der Waals surface area contributed by atoms with Crippen LogP contribution in [-0.4, -0.2) is 65.1 Å². The van der Waals surface area contributed by atoms with E-state index in [4.69, 9.17) is 10.5 Å². The molecule has 1 aromatic carbocycles. The smallest absolute Gasteiger partial charge is 0.202 e. The number of ether oxygens (including phenoxy) is 1. The van der Waals surface area contributed by atoms with Crippen molar-refractivity contribution in [3.8, 4) is 34.0 Å². The van der Waals surface area contributed by atoms with Gasteiger partial charge in [-0.1, -0.05) is 0 Å². The summed E-state index contributed by atoms with van der Waals surface area (Å²) in [6.45, 7) is 0. The zero-order valence-corrected chi connectivity index (χ0v) is 19.8. The normalized spacial score (nSPS) is 21.7. The number of rotatable bonds is 5. The van der Waals surface area contributed by atoms with E-state index in [-0.39, 0.29) is 29.2 Å². The van der Waals surface area contributed by atoms with Gasteiger partial charge in [0.25, 0.3) is 0 Å². The van der Waals surface area contributed by atoms with Crippen LogP contribution in [0.3, 0.4) is 0 Å². The molecule has 5 heterocycles. The van der Waals surface area contributed by atoms with E-state index in [1.807, 2.05) is 6.20 Å². The number of piperidine rings is 1. The van der Waals surface area contributed by atoms with Crippen molar-refractivity contribution < 1.29 is 13.5 Å². The minimum absolute atomic E-state index is 0.111. The van der Waals surface area contributed by atoms with Crippen LogP contribution in [0.1, 0.15) is 25.7 Å². The van der Waals surface area contributed by atoms with Gasteiger partial charge in [-0.2, -0.15) is 14.2 Å². The Morgan fingerprint density at radius 1 is 1.03 bits per heavy atom. The summed E-state index contributed by atoms with van der Waals surface area (Å²) in [6, 6.07) is 5.41. The monoisotopic (exact) mass is 493 g/mol. The van der Waals surface area contributed by atoms with Crippen molar-refractivity contribution in [2.24, 2.45) is 7.05 Å². The molecule has 0 radical (unpaired) electrons. The summed E-state index contributed by atoms with van der Waals surface area (Å²) in [5.74, 6) is -2.01. The quantitative estimate of drug-likeness (QED) is 0.452. The lowest BCUT2D eigenvalue weighted by atomic mass is 10.0. The van der Waals surface area contributed by atoms with E-state index in [0.717, 1.165) is 41.5 Å². The van der Waals surface area contributed by atoms with E-state index < -0.39 is 11.6 Å². The van der Waals surface area contributed by atoms with Gasteiger partial charge in [0, 0.05) is 42.7 Å². The van der Waals surface area contributed by atoms with Gasteiger partial charge < -0.3 is 15.4 Å². The fourth-order valence-corrected chi connectivity index (χ4v) is 5.31. The first kappa shape index (κ1) is 22.5. The Labute approximate surface area is 205 Å². The van der Waals surface area contributed by atoms with E-state index >= 15 is 8.78 Å². The predicted molar refractivity (Wildman–Crippen MR) is 127 cm³/mol. The molecule has 2 aliphatic heterocycles. The fourth-order valence-electron chi connectivity index (χ4n) is 5.31. The van der Waals surface area contributed by atoms with Gasteiger partial charge in [-0.15, -0.1) is 5.10 Å². The number of fused-ring (bicyclic) bond motifs is 2. The van der Waals surface area contributed by atoms with Crippen molar-refractivity contribution >= 4 is 5.82 Å². The molecule has 0 amide bonds. The number of hydrogen-bond donors (Lipinski definition) is 1. The molecule has 0 saturated carbocycles. The molecular formula is C24H25F2N9O. The highest BCUT2D eigenvalue weighted by molar-refractivity contribution is 5.76. The Hall–Kier alpha value is -3.93. The minimum Gasteiger partial charge on any atom is -0.487 e. The lowest BCUT2D eigenvalue weighted by molar-refractivity contribution is 0.0631. The summed E-state index contributed by atoms with van der Waals surface area (Å²) >= 11 is 0. The lowest BCUT2D eigenvalue weighted by Crippen LogP contribution is -2.43. The van der Waals surface area contributed by atoms with Crippen LogP contribution in [0.4, 0.5) is 14.6 Å². The highest BCUT2D eigenvalue weighted by atomic mass is 19.2. The van der Waals surface area contributed by atoms with Crippen molar-refractivity contribution in [3.63, 3.8) is 0 Å². The third-order valence-corrected chi connectivity index (χ3v) is 7.27. The first-order valence-corrected chi connectivity index (χ1v) is 11.8. The van der Waals surface area contributed by atoms with Crippen molar-refractivity contribution in [1.82, 2.24) is 39.9 Å². The number of nitrogen functional groups attached to an aromatic ring is 1. The molecule has 2 fully saturated rings.